The van der Waals surface area contributed by atoms with E-state index in [4.69, 9.17) is 10.5 Å². The summed E-state index contributed by atoms with van der Waals surface area (Å²) in [5.41, 5.74) is 7.74. The molecule has 0 radical (unpaired) electrons. The van der Waals surface area contributed by atoms with E-state index in [-0.39, 0.29) is 12.5 Å². The number of hydrogen-bond acceptors (Lipinski definition) is 4. The first-order valence-corrected chi connectivity index (χ1v) is 8.66. The SMILES string of the molecule is NC(=O)c1ccc(Oc2ccc3c(c2)CC(NCCCC(F)(F)F)C3)nc1. The fraction of sp³-hybridized carbons (Fsp3) is 0.368. The zero-order valence-electron chi connectivity index (χ0n) is 14.6. The fourth-order valence-electron chi connectivity index (χ4n) is 3.10. The van der Waals surface area contributed by atoms with Crippen LogP contribution in [0.4, 0.5) is 13.2 Å². The highest BCUT2D eigenvalue weighted by atomic mass is 19.4. The van der Waals surface area contributed by atoms with Crippen molar-refractivity contribution in [3.05, 3.63) is 53.2 Å². The number of rotatable bonds is 7. The topological polar surface area (TPSA) is 77.2 Å². The van der Waals surface area contributed by atoms with Crippen LogP contribution in [-0.2, 0) is 12.8 Å². The summed E-state index contributed by atoms with van der Waals surface area (Å²) in [7, 11) is 0. The molecule has 0 saturated carbocycles. The van der Waals surface area contributed by atoms with E-state index < -0.39 is 18.5 Å². The van der Waals surface area contributed by atoms with E-state index in [0.29, 0.717) is 23.7 Å². The molecule has 0 aliphatic heterocycles. The van der Waals surface area contributed by atoms with Crippen molar-refractivity contribution in [1.29, 1.82) is 0 Å². The third-order valence-electron chi connectivity index (χ3n) is 4.42. The maximum Gasteiger partial charge on any atom is 0.389 e. The summed E-state index contributed by atoms with van der Waals surface area (Å²) < 4.78 is 42.3. The largest absolute Gasteiger partial charge is 0.439 e. The Kier molecular flexibility index (Phi) is 5.65. The van der Waals surface area contributed by atoms with Crippen LogP contribution in [0.25, 0.3) is 0 Å². The van der Waals surface area contributed by atoms with Crippen LogP contribution in [0, 0.1) is 0 Å². The average molecular weight is 379 g/mol. The van der Waals surface area contributed by atoms with E-state index in [1.165, 1.54) is 6.20 Å². The van der Waals surface area contributed by atoms with Crippen LogP contribution in [-0.4, -0.2) is 29.7 Å². The Morgan fingerprint density at radius 3 is 2.67 bits per heavy atom. The second-order valence-electron chi connectivity index (χ2n) is 6.56. The summed E-state index contributed by atoms with van der Waals surface area (Å²) in [5.74, 6) is 0.408. The molecule has 3 N–H and O–H groups in total. The Morgan fingerprint density at radius 2 is 2.00 bits per heavy atom. The predicted octanol–water partition coefficient (Wildman–Crippen LogP) is 3.37. The van der Waals surface area contributed by atoms with Gasteiger partial charge in [0.05, 0.1) is 5.56 Å². The number of benzene rings is 1. The quantitative estimate of drug-likeness (QED) is 0.723. The van der Waals surface area contributed by atoms with Gasteiger partial charge < -0.3 is 15.8 Å². The highest BCUT2D eigenvalue weighted by molar-refractivity contribution is 5.92. The number of carbonyl (C=O) groups is 1. The lowest BCUT2D eigenvalue weighted by atomic mass is 10.1. The molecule has 1 heterocycles. The standard InChI is InChI=1S/C19H20F3N3O2/c20-19(21,22)6-1-7-24-15-8-12-2-4-16(10-14(12)9-15)27-17-5-3-13(11-25-17)18(23)26/h2-5,10-11,15,24H,1,6-9H2,(H2,23,26). The normalized spacial score (nSPS) is 16.2. The molecule has 1 unspecified atom stereocenters. The molecule has 144 valence electrons. The fourth-order valence-corrected chi connectivity index (χ4v) is 3.10. The first-order chi connectivity index (χ1) is 12.8. The van der Waals surface area contributed by atoms with E-state index in [1.54, 1.807) is 12.1 Å². The third kappa shape index (κ3) is 5.43. The number of carbonyl (C=O) groups excluding carboxylic acids is 1. The third-order valence-corrected chi connectivity index (χ3v) is 4.42. The Bertz CT molecular complexity index is 807. The summed E-state index contributed by atoms with van der Waals surface area (Å²) in [5, 5.41) is 3.19. The van der Waals surface area contributed by atoms with E-state index in [9.17, 15) is 18.0 Å². The Morgan fingerprint density at radius 1 is 1.22 bits per heavy atom. The molecule has 1 aliphatic rings. The maximum absolute atomic E-state index is 12.2. The van der Waals surface area contributed by atoms with Crippen molar-refractivity contribution in [2.24, 2.45) is 5.73 Å². The molecule has 0 saturated heterocycles. The van der Waals surface area contributed by atoms with Crippen molar-refractivity contribution < 1.29 is 22.7 Å². The van der Waals surface area contributed by atoms with Crippen molar-refractivity contribution >= 4 is 5.91 Å². The molecule has 8 heteroatoms. The van der Waals surface area contributed by atoms with Crippen LogP contribution in [0.2, 0.25) is 0 Å². The van der Waals surface area contributed by atoms with Crippen LogP contribution < -0.4 is 15.8 Å². The highest BCUT2D eigenvalue weighted by Crippen LogP contribution is 2.29. The molecular formula is C19H20F3N3O2. The maximum atomic E-state index is 12.2. The molecule has 0 bridgehead atoms. The van der Waals surface area contributed by atoms with Crippen molar-refractivity contribution in [3.8, 4) is 11.6 Å². The Hall–Kier alpha value is -2.61. The molecule has 1 amide bonds. The van der Waals surface area contributed by atoms with Gasteiger partial charge in [0.1, 0.15) is 5.75 Å². The highest BCUT2D eigenvalue weighted by Gasteiger charge is 2.27. The minimum Gasteiger partial charge on any atom is -0.439 e. The second-order valence-corrected chi connectivity index (χ2v) is 6.56. The molecular weight excluding hydrogens is 359 g/mol. The van der Waals surface area contributed by atoms with Crippen molar-refractivity contribution in [2.75, 3.05) is 6.54 Å². The van der Waals surface area contributed by atoms with Gasteiger partial charge >= 0.3 is 6.18 Å². The Balaban J connectivity index is 1.54. The molecule has 0 fully saturated rings. The molecule has 1 atom stereocenters. The molecule has 1 aromatic carbocycles. The summed E-state index contributed by atoms with van der Waals surface area (Å²) >= 11 is 0. The van der Waals surface area contributed by atoms with Gasteiger partial charge in [-0.15, -0.1) is 0 Å². The molecule has 1 aromatic heterocycles. The molecule has 0 spiro atoms. The molecule has 1 aliphatic carbocycles. The minimum absolute atomic E-state index is 0.0810. The molecule has 27 heavy (non-hydrogen) atoms. The smallest absolute Gasteiger partial charge is 0.389 e. The average Bonchev–Trinajstić information content (AvgIpc) is 3.00. The van der Waals surface area contributed by atoms with Crippen molar-refractivity contribution in [3.63, 3.8) is 0 Å². The zero-order chi connectivity index (χ0) is 19.4. The van der Waals surface area contributed by atoms with Crippen LogP contribution in [0.15, 0.2) is 36.5 Å². The summed E-state index contributed by atoms with van der Waals surface area (Å²) in [4.78, 5) is 15.1. The van der Waals surface area contributed by atoms with Crippen molar-refractivity contribution in [1.82, 2.24) is 10.3 Å². The number of halogens is 3. The number of amides is 1. The van der Waals surface area contributed by atoms with Gasteiger partial charge in [0, 0.05) is 24.7 Å². The molecule has 3 rings (SSSR count). The van der Waals surface area contributed by atoms with Crippen molar-refractivity contribution in [2.45, 2.75) is 37.9 Å². The summed E-state index contributed by atoms with van der Waals surface area (Å²) in [6.07, 6.45) is -1.90. The zero-order valence-corrected chi connectivity index (χ0v) is 14.6. The Labute approximate surface area is 154 Å². The monoisotopic (exact) mass is 379 g/mol. The first kappa shape index (κ1) is 19.2. The van der Waals surface area contributed by atoms with E-state index >= 15 is 0 Å². The van der Waals surface area contributed by atoms with Gasteiger partial charge in [-0.3, -0.25) is 4.79 Å². The molecule has 2 aromatic rings. The number of pyridine rings is 1. The number of fused-ring (bicyclic) bond motifs is 1. The summed E-state index contributed by atoms with van der Waals surface area (Å²) in [6, 6.07) is 8.94. The van der Waals surface area contributed by atoms with E-state index in [2.05, 4.69) is 10.3 Å². The van der Waals surface area contributed by atoms with Crippen LogP contribution >= 0.6 is 0 Å². The van der Waals surface area contributed by atoms with Gasteiger partial charge in [-0.25, -0.2) is 4.98 Å². The number of nitrogens with one attached hydrogen (secondary N) is 1. The number of ether oxygens (including phenoxy) is 1. The number of hydrogen-bond donors (Lipinski definition) is 2. The van der Waals surface area contributed by atoms with Gasteiger partial charge in [-0.05, 0) is 55.1 Å². The van der Waals surface area contributed by atoms with Gasteiger partial charge in [0.25, 0.3) is 0 Å². The van der Waals surface area contributed by atoms with Gasteiger partial charge in [0.15, 0.2) is 0 Å². The number of primary amides is 1. The lowest BCUT2D eigenvalue weighted by molar-refractivity contribution is -0.135. The lowest BCUT2D eigenvalue weighted by Crippen LogP contribution is -2.31. The van der Waals surface area contributed by atoms with Crippen LogP contribution in [0.1, 0.15) is 34.3 Å². The van der Waals surface area contributed by atoms with Gasteiger partial charge in [-0.2, -0.15) is 13.2 Å². The van der Waals surface area contributed by atoms with E-state index in [0.717, 1.165) is 24.0 Å². The predicted molar refractivity (Wildman–Crippen MR) is 93.8 cm³/mol. The van der Waals surface area contributed by atoms with Crippen LogP contribution in [0.3, 0.4) is 0 Å². The van der Waals surface area contributed by atoms with E-state index in [1.807, 2.05) is 18.2 Å². The first-order valence-electron chi connectivity index (χ1n) is 8.66. The van der Waals surface area contributed by atoms with Gasteiger partial charge in [0.2, 0.25) is 11.8 Å². The molecule has 5 nitrogen and oxygen atoms in total. The number of alkyl halides is 3. The van der Waals surface area contributed by atoms with Crippen LogP contribution in [0.5, 0.6) is 11.6 Å². The number of aromatic nitrogens is 1. The second kappa shape index (κ2) is 7.96. The minimum atomic E-state index is -4.10. The number of nitrogens with two attached hydrogens (primary N) is 1. The lowest BCUT2D eigenvalue weighted by Gasteiger charge is -2.12. The summed E-state index contributed by atoms with van der Waals surface area (Å²) in [6.45, 7) is 0.345. The van der Waals surface area contributed by atoms with Gasteiger partial charge in [-0.1, -0.05) is 6.07 Å². The number of nitrogens with zero attached hydrogens (tertiary/aromatic N) is 1.